The third kappa shape index (κ3) is 3.96. The fraction of sp³-hybridized carbons (Fsp3) is 0.120. The van der Waals surface area contributed by atoms with Crippen LogP contribution in [0.1, 0.15) is 34.3 Å². The Labute approximate surface area is 174 Å². The molecular formula is C25H21NO4. The highest BCUT2D eigenvalue weighted by Crippen LogP contribution is 2.31. The van der Waals surface area contributed by atoms with Crippen molar-refractivity contribution in [1.29, 1.82) is 0 Å². The highest BCUT2D eigenvalue weighted by molar-refractivity contribution is 6.31. The van der Waals surface area contributed by atoms with E-state index >= 15 is 0 Å². The molecule has 4 rings (SSSR count). The molecule has 4 aromatic rings. The number of allylic oxidation sites excluding steroid dienone is 1. The molecule has 0 unspecified atom stereocenters. The summed E-state index contributed by atoms with van der Waals surface area (Å²) in [5.74, 6) is 0.439. The summed E-state index contributed by atoms with van der Waals surface area (Å²) >= 11 is 0. The van der Waals surface area contributed by atoms with Crippen LogP contribution < -0.4 is 4.74 Å². The minimum absolute atomic E-state index is 0.0438. The lowest BCUT2D eigenvalue weighted by molar-refractivity contribution is 0.105. The van der Waals surface area contributed by atoms with Gasteiger partial charge in [0.15, 0.2) is 22.9 Å². The van der Waals surface area contributed by atoms with Crippen molar-refractivity contribution in [2.75, 3.05) is 6.61 Å². The van der Waals surface area contributed by atoms with Crippen LogP contribution >= 0.6 is 0 Å². The molecule has 0 spiro atoms. The first kappa shape index (κ1) is 19.5. The lowest BCUT2D eigenvalue weighted by Gasteiger charge is -2.08. The molecule has 5 heteroatoms. The van der Waals surface area contributed by atoms with Gasteiger partial charge in [0.2, 0.25) is 5.89 Å². The van der Waals surface area contributed by atoms with Crippen LogP contribution in [0.4, 0.5) is 0 Å². The molecule has 0 aliphatic heterocycles. The quantitative estimate of drug-likeness (QED) is 0.334. The predicted octanol–water partition coefficient (Wildman–Crippen LogP) is 5.66. The highest BCUT2D eigenvalue weighted by atomic mass is 16.5. The molecule has 0 aliphatic rings. The number of nitrogens with zero attached hydrogens (tertiary/aromatic N) is 1. The van der Waals surface area contributed by atoms with Crippen LogP contribution in [0.5, 0.6) is 11.5 Å². The molecule has 0 aliphatic carbocycles. The van der Waals surface area contributed by atoms with Gasteiger partial charge >= 0.3 is 0 Å². The number of ether oxygens (including phenoxy) is 1. The fourth-order valence-corrected chi connectivity index (χ4v) is 3.13. The van der Waals surface area contributed by atoms with Crippen LogP contribution in [-0.2, 0) is 0 Å². The molecule has 0 fully saturated rings. The first-order valence-electron chi connectivity index (χ1n) is 9.70. The number of rotatable bonds is 6. The van der Waals surface area contributed by atoms with Gasteiger partial charge in [0.05, 0.1) is 12.2 Å². The van der Waals surface area contributed by atoms with Gasteiger partial charge in [0, 0.05) is 5.56 Å². The Morgan fingerprint density at radius 2 is 1.87 bits per heavy atom. The summed E-state index contributed by atoms with van der Waals surface area (Å²) < 4.78 is 11.4. The van der Waals surface area contributed by atoms with Crippen LogP contribution in [0.3, 0.4) is 0 Å². The average molecular weight is 399 g/mol. The van der Waals surface area contributed by atoms with Gasteiger partial charge in [-0.05, 0) is 49.8 Å². The van der Waals surface area contributed by atoms with Gasteiger partial charge in [-0.15, -0.1) is 0 Å². The van der Waals surface area contributed by atoms with Gasteiger partial charge in [-0.1, -0.05) is 48.0 Å². The smallest absolute Gasteiger partial charge is 0.231 e. The molecule has 0 saturated carbocycles. The maximum Gasteiger partial charge on any atom is 0.231 e. The number of phenolic OH excluding ortho intramolecular Hbond substituents is 1. The largest absolute Gasteiger partial charge is 0.504 e. The maximum atomic E-state index is 13.4. The second kappa shape index (κ2) is 8.25. The van der Waals surface area contributed by atoms with Crippen molar-refractivity contribution < 1.29 is 19.1 Å². The molecule has 30 heavy (non-hydrogen) atoms. The first-order valence-corrected chi connectivity index (χ1v) is 9.70. The Morgan fingerprint density at radius 3 is 2.60 bits per heavy atom. The highest BCUT2D eigenvalue weighted by Gasteiger charge is 2.20. The van der Waals surface area contributed by atoms with Gasteiger partial charge in [-0.25, -0.2) is 4.98 Å². The van der Waals surface area contributed by atoms with Crippen molar-refractivity contribution in [3.05, 3.63) is 89.3 Å². The molecule has 1 N–H and O–H groups in total. The number of oxazole rings is 1. The van der Waals surface area contributed by atoms with E-state index in [-0.39, 0.29) is 17.4 Å². The summed E-state index contributed by atoms with van der Waals surface area (Å²) in [6, 6.07) is 19.7. The third-order valence-corrected chi connectivity index (χ3v) is 4.68. The molecule has 5 nitrogen and oxygen atoms in total. The minimum Gasteiger partial charge on any atom is -0.504 e. The summed E-state index contributed by atoms with van der Waals surface area (Å²) in [5, 5.41) is 9.98. The number of aromatic hydroxyl groups is 1. The van der Waals surface area contributed by atoms with E-state index in [0.717, 1.165) is 5.56 Å². The number of carbonyl (C=O) groups excluding carboxylic acids is 1. The molecule has 0 radical (unpaired) electrons. The normalized spacial score (nSPS) is 11.6. The summed E-state index contributed by atoms with van der Waals surface area (Å²) in [5.41, 5.74) is 3.90. The number of para-hydroxylation sites is 2. The van der Waals surface area contributed by atoms with Crippen molar-refractivity contribution in [2.24, 2.45) is 0 Å². The zero-order valence-corrected chi connectivity index (χ0v) is 16.8. The summed E-state index contributed by atoms with van der Waals surface area (Å²) in [6.45, 7) is 4.23. The standard InChI is InChI=1S/C25H21NO4/c1-3-29-23-15-17(10-13-21(23)27)14-19(24(28)18-11-8-16(2)9-12-18)25-26-20-6-4-5-7-22(20)30-25/h4-15,27H,3H2,1-2H3. The third-order valence-electron chi connectivity index (χ3n) is 4.68. The minimum atomic E-state index is -0.201. The van der Waals surface area contributed by atoms with Crippen molar-refractivity contribution >= 4 is 28.5 Å². The van der Waals surface area contributed by atoms with Gasteiger partial charge < -0.3 is 14.3 Å². The monoisotopic (exact) mass is 399 g/mol. The maximum absolute atomic E-state index is 13.4. The van der Waals surface area contributed by atoms with E-state index in [4.69, 9.17) is 9.15 Å². The van der Waals surface area contributed by atoms with Crippen LogP contribution in [0.2, 0.25) is 0 Å². The number of ketones is 1. The van der Waals surface area contributed by atoms with Gasteiger partial charge in [-0.3, -0.25) is 4.79 Å². The van der Waals surface area contributed by atoms with Crippen LogP contribution in [-0.4, -0.2) is 22.5 Å². The van der Waals surface area contributed by atoms with Crippen molar-refractivity contribution in [2.45, 2.75) is 13.8 Å². The Balaban J connectivity index is 1.84. The van der Waals surface area contributed by atoms with Crippen LogP contribution in [0.25, 0.3) is 22.7 Å². The number of carbonyl (C=O) groups is 1. The summed E-state index contributed by atoms with van der Waals surface area (Å²) in [4.78, 5) is 17.9. The Hall–Kier alpha value is -3.86. The van der Waals surface area contributed by atoms with E-state index in [1.807, 2.05) is 50.2 Å². The average Bonchev–Trinajstić information content (AvgIpc) is 3.18. The number of aromatic nitrogens is 1. The molecule has 1 aromatic heterocycles. The molecule has 1 heterocycles. The van der Waals surface area contributed by atoms with Crippen molar-refractivity contribution in [3.8, 4) is 11.5 Å². The topological polar surface area (TPSA) is 72.6 Å². The fourth-order valence-electron chi connectivity index (χ4n) is 3.13. The molecule has 0 amide bonds. The number of hydrogen-bond donors (Lipinski definition) is 1. The molecule has 0 bridgehead atoms. The predicted molar refractivity (Wildman–Crippen MR) is 117 cm³/mol. The number of benzene rings is 3. The SMILES string of the molecule is CCOc1cc(C=C(C(=O)c2ccc(C)cc2)c2nc3ccccc3o2)ccc1O. The lowest BCUT2D eigenvalue weighted by atomic mass is 10.00. The van der Waals surface area contributed by atoms with E-state index in [1.165, 1.54) is 6.07 Å². The van der Waals surface area contributed by atoms with E-state index in [1.54, 1.807) is 30.3 Å². The Morgan fingerprint density at radius 1 is 1.10 bits per heavy atom. The Bertz CT molecular complexity index is 1200. The van der Waals surface area contributed by atoms with Crippen LogP contribution in [0.15, 0.2) is 71.1 Å². The number of hydrogen-bond acceptors (Lipinski definition) is 5. The zero-order valence-electron chi connectivity index (χ0n) is 16.8. The summed E-state index contributed by atoms with van der Waals surface area (Å²) in [6.07, 6.45) is 1.70. The zero-order chi connectivity index (χ0) is 21.1. The molecule has 3 aromatic carbocycles. The molecular weight excluding hydrogens is 378 g/mol. The number of aryl methyl sites for hydroxylation is 1. The summed E-state index contributed by atoms with van der Waals surface area (Å²) in [7, 11) is 0. The second-order valence-corrected chi connectivity index (χ2v) is 6.90. The first-order chi connectivity index (χ1) is 14.5. The van der Waals surface area contributed by atoms with E-state index in [2.05, 4.69) is 4.98 Å². The lowest BCUT2D eigenvalue weighted by Crippen LogP contribution is -2.03. The molecule has 0 atom stereocenters. The number of fused-ring (bicyclic) bond motifs is 1. The van der Waals surface area contributed by atoms with E-state index < -0.39 is 0 Å². The van der Waals surface area contributed by atoms with Crippen molar-refractivity contribution in [3.63, 3.8) is 0 Å². The molecule has 150 valence electrons. The van der Waals surface area contributed by atoms with Gasteiger partial charge in [0.25, 0.3) is 0 Å². The second-order valence-electron chi connectivity index (χ2n) is 6.90. The van der Waals surface area contributed by atoms with E-state index in [0.29, 0.717) is 40.2 Å². The van der Waals surface area contributed by atoms with Gasteiger partial charge in [-0.2, -0.15) is 0 Å². The van der Waals surface area contributed by atoms with E-state index in [9.17, 15) is 9.90 Å². The number of phenols is 1. The van der Waals surface area contributed by atoms with Crippen molar-refractivity contribution in [1.82, 2.24) is 4.98 Å². The molecule has 0 saturated heterocycles. The Kier molecular flexibility index (Phi) is 5.35. The van der Waals surface area contributed by atoms with Crippen LogP contribution in [0, 0.1) is 6.92 Å². The number of Topliss-reactive ketones (excluding diaryl/α,β-unsaturated/α-hetero) is 1. The van der Waals surface area contributed by atoms with Gasteiger partial charge in [0.1, 0.15) is 5.52 Å².